The van der Waals surface area contributed by atoms with Crippen molar-refractivity contribution >= 4 is 11.9 Å². The first-order chi connectivity index (χ1) is 11.1. The van der Waals surface area contributed by atoms with Crippen molar-refractivity contribution in [1.82, 2.24) is 14.7 Å². The summed E-state index contributed by atoms with van der Waals surface area (Å²) in [6, 6.07) is 10.1. The first-order valence-electron chi connectivity index (χ1n) is 8.02. The number of benzene rings is 1. The molecule has 1 aromatic carbocycles. The van der Waals surface area contributed by atoms with Crippen LogP contribution in [-0.2, 0) is 20.9 Å². The van der Waals surface area contributed by atoms with Gasteiger partial charge < -0.3 is 9.64 Å². The number of piperazine rings is 1. The molecule has 1 amide bonds. The van der Waals surface area contributed by atoms with Crippen molar-refractivity contribution in [1.29, 1.82) is 0 Å². The average molecular weight is 317 g/mol. The van der Waals surface area contributed by atoms with Gasteiger partial charge in [-0.15, -0.1) is 0 Å². The monoisotopic (exact) mass is 317 g/mol. The number of amides is 1. The summed E-state index contributed by atoms with van der Waals surface area (Å²) in [5, 5.41) is 0. The molecule has 0 saturated carbocycles. The Kier molecular flexibility index (Phi) is 4.93. The van der Waals surface area contributed by atoms with Crippen molar-refractivity contribution in [3.8, 4) is 0 Å². The summed E-state index contributed by atoms with van der Waals surface area (Å²) in [6.07, 6.45) is 0. The summed E-state index contributed by atoms with van der Waals surface area (Å²) in [5.41, 5.74) is 0.998. The van der Waals surface area contributed by atoms with Crippen LogP contribution in [0.2, 0.25) is 0 Å². The molecule has 2 saturated heterocycles. The van der Waals surface area contributed by atoms with E-state index in [-0.39, 0.29) is 11.9 Å². The fourth-order valence-corrected chi connectivity index (χ4v) is 2.96. The van der Waals surface area contributed by atoms with Gasteiger partial charge in [0.25, 0.3) is 0 Å². The van der Waals surface area contributed by atoms with Gasteiger partial charge in [0.1, 0.15) is 6.61 Å². The Morgan fingerprint density at radius 3 is 2.65 bits per heavy atom. The van der Waals surface area contributed by atoms with Gasteiger partial charge in [-0.25, -0.2) is 0 Å². The van der Waals surface area contributed by atoms with Crippen LogP contribution in [0.4, 0.5) is 0 Å². The van der Waals surface area contributed by atoms with Crippen LogP contribution < -0.4 is 0 Å². The van der Waals surface area contributed by atoms with E-state index < -0.39 is 0 Å². The van der Waals surface area contributed by atoms with E-state index in [2.05, 4.69) is 9.80 Å². The normalized spacial score (nSPS) is 20.4. The van der Waals surface area contributed by atoms with Gasteiger partial charge in [0.15, 0.2) is 0 Å². The molecule has 1 aromatic rings. The topological polar surface area (TPSA) is 53.1 Å². The standard InChI is InChI=1S/C17H23N3O3/c1-18-7-8-20(11-16(18)21)15-9-19(10-15)12-17(22)23-13-14-5-3-2-4-6-14/h2-6,15H,7-13H2,1H3. The molecule has 0 unspecified atom stereocenters. The molecule has 0 bridgehead atoms. The molecule has 6 nitrogen and oxygen atoms in total. The average Bonchev–Trinajstić information content (AvgIpc) is 2.52. The molecule has 3 rings (SSSR count). The van der Waals surface area contributed by atoms with Gasteiger partial charge in [-0.2, -0.15) is 0 Å². The second-order valence-corrected chi connectivity index (χ2v) is 6.28. The molecule has 0 aromatic heterocycles. The molecular weight excluding hydrogens is 294 g/mol. The minimum Gasteiger partial charge on any atom is -0.460 e. The molecular formula is C17H23N3O3. The van der Waals surface area contributed by atoms with E-state index in [4.69, 9.17) is 4.74 Å². The van der Waals surface area contributed by atoms with Gasteiger partial charge in [-0.1, -0.05) is 30.3 Å². The number of hydrogen-bond acceptors (Lipinski definition) is 5. The maximum absolute atomic E-state index is 11.9. The minimum atomic E-state index is -0.193. The van der Waals surface area contributed by atoms with Crippen LogP contribution in [0.15, 0.2) is 30.3 Å². The largest absolute Gasteiger partial charge is 0.460 e. The second-order valence-electron chi connectivity index (χ2n) is 6.28. The predicted molar refractivity (Wildman–Crippen MR) is 85.7 cm³/mol. The third-order valence-electron chi connectivity index (χ3n) is 4.54. The maximum Gasteiger partial charge on any atom is 0.320 e. The van der Waals surface area contributed by atoms with Crippen LogP contribution >= 0.6 is 0 Å². The quantitative estimate of drug-likeness (QED) is 0.726. The minimum absolute atomic E-state index is 0.178. The predicted octanol–water partition coefficient (Wildman–Crippen LogP) is 0.188. The smallest absolute Gasteiger partial charge is 0.320 e. The zero-order chi connectivity index (χ0) is 16.2. The van der Waals surface area contributed by atoms with Crippen molar-refractivity contribution in [3.63, 3.8) is 0 Å². The fourth-order valence-electron chi connectivity index (χ4n) is 2.96. The Hall–Kier alpha value is -1.92. The Labute approximate surface area is 136 Å². The Morgan fingerprint density at radius 1 is 1.22 bits per heavy atom. The summed E-state index contributed by atoms with van der Waals surface area (Å²) in [4.78, 5) is 29.6. The Bertz CT molecular complexity index is 557. The van der Waals surface area contributed by atoms with Crippen LogP contribution in [0.1, 0.15) is 5.56 Å². The number of hydrogen-bond donors (Lipinski definition) is 0. The maximum atomic E-state index is 11.9. The number of carbonyl (C=O) groups excluding carboxylic acids is 2. The zero-order valence-electron chi connectivity index (χ0n) is 13.5. The third-order valence-corrected chi connectivity index (χ3v) is 4.54. The van der Waals surface area contributed by atoms with Crippen molar-refractivity contribution < 1.29 is 14.3 Å². The number of ether oxygens (including phenoxy) is 1. The van der Waals surface area contributed by atoms with Crippen LogP contribution in [0.3, 0.4) is 0 Å². The van der Waals surface area contributed by atoms with E-state index in [1.807, 2.05) is 37.4 Å². The van der Waals surface area contributed by atoms with E-state index in [9.17, 15) is 9.59 Å². The summed E-state index contributed by atoms with van der Waals surface area (Å²) in [7, 11) is 1.84. The van der Waals surface area contributed by atoms with E-state index in [0.717, 1.165) is 31.7 Å². The molecule has 0 aliphatic carbocycles. The van der Waals surface area contributed by atoms with Crippen LogP contribution in [-0.4, -0.2) is 78.9 Å². The summed E-state index contributed by atoms with van der Waals surface area (Å²) in [5.74, 6) is -0.0151. The van der Waals surface area contributed by atoms with Gasteiger partial charge in [0, 0.05) is 39.3 Å². The molecule has 0 radical (unpaired) electrons. The number of likely N-dealkylation sites (N-methyl/N-ethyl adjacent to an activating group) is 1. The Morgan fingerprint density at radius 2 is 1.96 bits per heavy atom. The number of nitrogens with zero attached hydrogens (tertiary/aromatic N) is 3. The van der Waals surface area contributed by atoms with Crippen molar-refractivity contribution in [2.75, 3.05) is 46.3 Å². The highest BCUT2D eigenvalue weighted by molar-refractivity contribution is 5.78. The lowest BCUT2D eigenvalue weighted by Crippen LogP contribution is -2.64. The van der Waals surface area contributed by atoms with Gasteiger partial charge in [0.05, 0.1) is 13.1 Å². The number of esters is 1. The SMILES string of the molecule is CN1CCN(C2CN(CC(=O)OCc3ccccc3)C2)CC1=O. The molecule has 6 heteroatoms. The van der Waals surface area contributed by atoms with Gasteiger partial charge in [0.2, 0.25) is 5.91 Å². The van der Waals surface area contributed by atoms with E-state index in [1.54, 1.807) is 4.90 Å². The van der Waals surface area contributed by atoms with Crippen molar-refractivity contribution in [3.05, 3.63) is 35.9 Å². The van der Waals surface area contributed by atoms with Crippen LogP contribution in [0.5, 0.6) is 0 Å². The van der Waals surface area contributed by atoms with Gasteiger partial charge in [-0.3, -0.25) is 19.4 Å². The molecule has 2 fully saturated rings. The third kappa shape index (κ3) is 4.09. The molecule has 0 spiro atoms. The van der Waals surface area contributed by atoms with Crippen molar-refractivity contribution in [2.45, 2.75) is 12.6 Å². The molecule has 124 valence electrons. The fraction of sp³-hybridized carbons (Fsp3) is 0.529. The lowest BCUT2D eigenvalue weighted by molar-refractivity contribution is -0.149. The molecule has 2 aliphatic heterocycles. The first-order valence-corrected chi connectivity index (χ1v) is 8.02. The molecule has 2 heterocycles. The van der Waals surface area contributed by atoms with Gasteiger partial charge in [-0.05, 0) is 5.56 Å². The lowest BCUT2D eigenvalue weighted by Gasteiger charge is -2.47. The number of carbonyl (C=O) groups is 2. The zero-order valence-corrected chi connectivity index (χ0v) is 13.5. The molecule has 23 heavy (non-hydrogen) atoms. The van der Waals surface area contributed by atoms with E-state index in [0.29, 0.717) is 25.7 Å². The van der Waals surface area contributed by atoms with E-state index in [1.165, 1.54) is 0 Å². The Balaban J connectivity index is 1.35. The highest BCUT2D eigenvalue weighted by Gasteiger charge is 2.35. The van der Waals surface area contributed by atoms with Crippen molar-refractivity contribution in [2.24, 2.45) is 0 Å². The van der Waals surface area contributed by atoms with Crippen LogP contribution in [0, 0.1) is 0 Å². The summed E-state index contributed by atoms with van der Waals surface area (Å²) < 4.78 is 5.29. The molecule has 0 N–H and O–H groups in total. The van der Waals surface area contributed by atoms with Gasteiger partial charge >= 0.3 is 5.97 Å². The number of rotatable bonds is 5. The molecule has 2 aliphatic rings. The summed E-state index contributed by atoms with van der Waals surface area (Å²) >= 11 is 0. The second kappa shape index (κ2) is 7.10. The van der Waals surface area contributed by atoms with Crippen LogP contribution in [0.25, 0.3) is 0 Å². The lowest BCUT2D eigenvalue weighted by atomic mass is 10.1. The number of likely N-dealkylation sites (tertiary alicyclic amines) is 1. The molecule has 0 atom stereocenters. The highest BCUT2D eigenvalue weighted by atomic mass is 16.5. The van der Waals surface area contributed by atoms with E-state index >= 15 is 0 Å². The first kappa shape index (κ1) is 16.0. The summed E-state index contributed by atoms with van der Waals surface area (Å²) in [6.45, 7) is 4.50. The highest BCUT2D eigenvalue weighted by Crippen LogP contribution is 2.17.